The SMILES string of the molecule is O=c1cc(CN=C2NSc3cccc(Oc4ccccc4Cl)c3N2)cc[nH]1. The summed E-state index contributed by atoms with van der Waals surface area (Å²) in [5.41, 5.74) is 1.49. The number of benzene rings is 2. The average molecular weight is 399 g/mol. The number of aliphatic imine (C=N–C) groups is 1. The Labute approximate surface area is 164 Å². The van der Waals surface area contributed by atoms with E-state index in [2.05, 4.69) is 20.0 Å². The molecule has 1 aliphatic rings. The molecule has 1 aromatic heterocycles. The van der Waals surface area contributed by atoms with Gasteiger partial charge in [-0.05, 0) is 47.8 Å². The first kappa shape index (κ1) is 17.5. The molecular weight excluding hydrogens is 384 g/mol. The molecule has 0 saturated carbocycles. The second-order valence-corrected chi connectivity index (χ2v) is 6.97. The van der Waals surface area contributed by atoms with Crippen molar-refractivity contribution in [1.82, 2.24) is 9.71 Å². The van der Waals surface area contributed by atoms with Gasteiger partial charge in [-0.3, -0.25) is 9.52 Å². The summed E-state index contributed by atoms with van der Waals surface area (Å²) in [6.07, 6.45) is 1.61. The maximum atomic E-state index is 11.4. The number of H-pyrrole nitrogens is 1. The van der Waals surface area contributed by atoms with Gasteiger partial charge in [0.15, 0.2) is 5.75 Å². The zero-order valence-electron chi connectivity index (χ0n) is 14.0. The lowest BCUT2D eigenvalue weighted by Crippen LogP contribution is -2.29. The number of rotatable bonds is 4. The third kappa shape index (κ3) is 4.10. The Kier molecular flexibility index (Phi) is 5.04. The van der Waals surface area contributed by atoms with Gasteiger partial charge in [0.1, 0.15) is 5.75 Å². The van der Waals surface area contributed by atoms with E-state index in [-0.39, 0.29) is 5.56 Å². The lowest BCUT2D eigenvalue weighted by Gasteiger charge is -2.23. The molecule has 6 nitrogen and oxygen atoms in total. The minimum absolute atomic E-state index is 0.146. The van der Waals surface area contributed by atoms with Crippen molar-refractivity contribution < 1.29 is 4.74 Å². The van der Waals surface area contributed by atoms with E-state index in [0.717, 1.165) is 16.1 Å². The van der Waals surface area contributed by atoms with E-state index >= 15 is 0 Å². The maximum absolute atomic E-state index is 11.4. The van der Waals surface area contributed by atoms with Crippen LogP contribution in [0.5, 0.6) is 11.5 Å². The highest BCUT2D eigenvalue weighted by atomic mass is 35.5. The Morgan fingerprint density at radius 2 is 1.93 bits per heavy atom. The Bertz CT molecular complexity index is 1070. The van der Waals surface area contributed by atoms with Gasteiger partial charge in [-0.25, -0.2) is 4.99 Å². The van der Waals surface area contributed by atoms with Crippen molar-refractivity contribution in [1.29, 1.82) is 0 Å². The van der Waals surface area contributed by atoms with E-state index in [1.807, 2.05) is 42.5 Å². The van der Waals surface area contributed by atoms with Gasteiger partial charge in [0.25, 0.3) is 0 Å². The van der Waals surface area contributed by atoms with Crippen molar-refractivity contribution in [3.63, 3.8) is 0 Å². The summed E-state index contributed by atoms with van der Waals surface area (Å²) in [7, 11) is 0. The Morgan fingerprint density at radius 3 is 2.78 bits per heavy atom. The molecule has 0 bridgehead atoms. The fourth-order valence-electron chi connectivity index (χ4n) is 2.53. The van der Waals surface area contributed by atoms with Gasteiger partial charge in [0.2, 0.25) is 11.5 Å². The van der Waals surface area contributed by atoms with Crippen molar-refractivity contribution >= 4 is 35.2 Å². The van der Waals surface area contributed by atoms with Gasteiger partial charge in [-0.1, -0.05) is 29.8 Å². The van der Waals surface area contributed by atoms with E-state index in [9.17, 15) is 4.79 Å². The molecule has 0 amide bonds. The number of aromatic amines is 1. The average Bonchev–Trinajstić information content (AvgIpc) is 2.68. The van der Waals surface area contributed by atoms with Crippen LogP contribution in [-0.2, 0) is 6.54 Å². The molecule has 0 fully saturated rings. The van der Waals surface area contributed by atoms with Crippen LogP contribution in [0.25, 0.3) is 0 Å². The monoisotopic (exact) mass is 398 g/mol. The van der Waals surface area contributed by atoms with E-state index in [0.29, 0.717) is 29.0 Å². The molecule has 2 heterocycles. The first-order chi connectivity index (χ1) is 13.2. The summed E-state index contributed by atoms with van der Waals surface area (Å²) in [6, 6.07) is 16.4. The summed E-state index contributed by atoms with van der Waals surface area (Å²) < 4.78 is 9.15. The zero-order valence-corrected chi connectivity index (χ0v) is 15.6. The van der Waals surface area contributed by atoms with Crippen LogP contribution < -0.4 is 20.3 Å². The molecule has 27 heavy (non-hydrogen) atoms. The van der Waals surface area contributed by atoms with Crippen LogP contribution in [0, 0.1) is 0 Å². The van der Waals surface area contributed by atoms with Crippen LogP contribution in [-0.4, -0.2) is 10.9 Å². The van der Waals surface area contributed by atoms with Gasteiger partial charge >= 0.3 is 0 Å². The van der Waals surface area contributed by atoms with Gasteiger partial charge < -0.3 is 15.0 Å². The number of para-hydroxylation sites is 2. The lowest BCUT2D eigenvalue weighted by atomic mass is 10.2. The molecule has 0 atom stereocenters. The number of hydrogen-bond acceptors (Lipinski definition) is 4. The summed E-state index contributed by atoms with van der Waals surface area (Å²) in [6.45, 7) is 0.378. The van der Waals surface area contributed by atoms with Crippen molar-refractivity contribution in [2.24, 2.45) is 4.99 Å². The first-order valence-electron chi connectivity index (χ1n) is 8.16. The molecule has 3 aromatic rings. The summed E-state index contributed by atoms with van der Waals surface area (Å²) in [5.74, 6) is 1.82. The molecule has 8 heteroatoms. The Balaban J connectivity index is 1.57. The lowest BCUT2D eigenvalue weighted by molar-refractivity contribution is 0.484. The molecule has 3 N–H and O–H groups in total. The standard InChI is InChI=1S/C19H15ClN4O2S/c20-13-4-1-2-5-14(13)26-15-6-3-7-16-18(15)23-19(24-27-16)22-11-12-8-9-21-17(25)10-12/h1-10H,11H2,(H,21,25)(H2,22,23,24). The van der Waals surface area contributed by atoms with Crippen LogP contribution in [0.2, 0.25) is 5.02 Å². The molecule has 2 aromatic carbocycles. The summed E-state index contributed by atoms with van der Waals surface area (Å²) in [5, 5.41) is 3.80. The van der Waals surface area contributed by atoms with Crippen molar-refractivity contribution in [2.75, 3.05) is 5.32 Å². The molecule has 0 unspecified atom stereocenters. The predicted molar refractivity (Wildman–Crippen MR) is 109 cm³/mol. The Morgan fingerprint density at radius 1 is 1.07 bits per heavy atom. The van der Waals surface area contributed by atoms with Crippen LogP contribution >= 0.6 is 23.5 Å². The number of halogens is 1. The van der Waals surface area contributed by atoms with Crippen LogP contribution in [0.15, 0.2) is 75.5 Å². The number of fused-ring (bicyclic) bond motifs is 1. The molecule has 4 rings (SSSR count). The van der Waals surface area contributed by atoms with Gasteiger partial charge in [0.05, 0.1) is 22.2 Å². The quantitative estimate of drug-likeness (QED) is 0.568. The number of pyridine rings is 1. The number of nitrogens with zero attached hydrogens (tertiary/aromatic N) is 1. The number of anilines is 1. The minimum atomic E-state index is -0.146. The summed E-state index contributed by atoms with van der Waals surface area (Å²) in [4.78, 5) is 19.5. The van der Waals surface area contributed by atoms with Gasteiger partial charge in [-0.2, -0.15) is 0 Å². The highest BCUT2D eigenvalue weighted by Crippen LogP contribution is 2.40. The fourth-order valence-corrected chi connectivity index (χ4v) is 3.42. The molecule has 0 aliphatic carbocycles. The van der Waals surface area contributed by atoms with Crippen LogP contribution in [0.1, 0.15) is 5.56 Å². The number of guanidine groups is 1. The number of hydrogen-bond donors (Lipinski definition) is 3. The second kappa shape index (κ2) is 7.77. The highest BCUT2D eigenvalue weighted by molar-refractivity contribution is 7.98. The highest BCUT2D eigenvalue weighted by Gasteiger charge is 2.19. The van der Waals surface area contributed by atoms with Crippen LogP contribution in [0.4, 0.5) is 5.69 Å². The van der Waals surface area contributed by atoms with Crippen LogP contribution in [0.3, 0.4) is 0 Å². The van der Waals surface area contributed by atoms with Crippen molar-refractivity contribution in [2.45, 2.75) is 11.4 Å². The van der Waals surface area contributed by atoms with Gasteiger partial charge in [0, 0.05) is 12.3 Å². The third-order valence-electron chi connectivity index (χ3n) is 3.80. The minimum Gasteiger partial charge on any atom is -0.454 e. The zero-order chi connectivity index (χ0) is 18.6. The molecule has 0 spiro atoms. The second-order valence-electron chi connectivity index (χ2n) is 5.72. The third-order valence-corrected chi connectivity index (χ3v) is 4.97. The van der Waals surface area contributed by atoms with Gasteiger partial charge in [-0.15, -0.1) is 0 Å². The normalized spacial score (nSPS) is 14.2. The fraction of sp³-hybridized carbons (Fsp3) is 0.0526. The molecular formula is C19H15ClN4O2S. The Hall–Kier alpha value is -2.90. The molecule has 0 saturated heterocycles. The van der Waals surface area contributed by atoms with Crippen molar-refractivity contribution in [3.8, 4) is 11.5 Å². The van der Waals surface area contributed by atoms with Crippen molar-refractivity contribution in [3.05, 3.63) is 81.7 Å². The van der Waals surface area contributed by atoms with E-state index < -0.39 is 0 Å². The predicted octanol–water partition coefficient (Wildman–Crippen LogP) is 4.40. The largest absolute Gasteiger partial charge is 0.454 e. The van der Waals surface area contributed by atoms with E-state index in [1.54, 1.807) is 12.3 Å². The number of ether oxygens (including phenoxy) is 1. The molecule has 136 valence electrons. The summed E-state index contributed by atoms with van der Waals surface area (Å²) >= 11 is 7.64. The molecule has 1 aliphatic heterocycles. The molecule has 0 radical (unpaired) electrons. The van der Waals surface area contributed by atoms with E-state index in [4.69, 9.17) is 16.3 Å². The van der Waals surface area contributed by atoms with E-state index in [1.165, 1.54) is 18.0 Å². The smallest absolute Gasteiger partial charge is 0.248 e. The maximum Gasteiger partial charge on any atom is 0.248 e. The topological polar surface area (TPSA) is 78.5 Å². The number of nitrogens with one attached hydrogen (secondary N) is 3. The first-order valence-corrected chi connectivity index (χ1v) is 9.36. The number of aromatic nitrogens is 1.